The summed E-state index contributed by atoms with van der Waals surface area (Å²) in [5.41, 5.74) is -0.680. The average Bonchev–Trinajstić information content (AvgIpc) is 2.04. The Morgan fingerprint density at radius 1 is 1.38 bits per heavy atom. The lowest BCUT2D eigenvalue weighted by atomic mass is 9.71. The molecule has 0 heterocycles. The molecule has 0 saturated heterocycles. The summed E-state index contributed by atoms with van der Waals surface area (Å²) in [6, 6.07) is 0. The van der Waals surface area contributed by atoms with Crippen LogP contribution in [0.25, 0.3) is 0 Å². The normalized spacial score (nSPS) is 20.3. The predicted octanol–water partition coefficient (Wildman–Crippen LogP) is 1.86. The number of rotatable bonds is 2. The largest absolute Gasteiger partial charge is 0.481 e. The van der Waals surface area contributed by atoms with Gasteiger partial charge in [-0.2, -0.15) is 0 Å². The molecule has 74 valence electrons. The van der Waals surface area contributed by atoms with Crippen molar-refractivity contribution in [1.29, 1.82) is 0 Å². The highest BCUT2D eigenvalue weighted by Crippen LogP contribution is 2.37. The van der Waals surface area contributed by atoms with Crippen molar-refractivity contribution in [2.24, 2.45) is 11.3 Å². The van der Waals surface area contributed by atoms with Gasteiger partial charge in [0.15, 0.2) is 0 Å². The Balaban J connectivity index is 2.62. The Morgan fingerprint density at radius 3 is 2.23 bits per heavy atom. The standard InChI is InChI=1S/C10H16O3/c1-10(2,9(12)13)7-3-5-8(11)6-4-7/h7H,3-6H2,1-2H3,(H,12,13). The van der Waals surface area contributed by atoms with Crippen LogP contribution >= 0.6 is 0 Å². The number of aliphatic carboxylic acids is 1. The predicted molar refractivity (Wildman–Crippen MR) is 48.4 cm³/mol. The number of carboxylic acid groups (broad SMARTS) is 1. The minimum Gasteiger partial charge on any atom is -0.481 e. The van der Waals surface area contributed by atoms with Crippen LogP contribution in [0.4, 0.5) is 0 Å². The van der Waals surface area contributed by atoms with Crippen LogP contribution in [0.5, 0.6) is 0 Å². The Morgan fingerprint density at radius 2 is 1.85 bits per heavy atom. The zero-order valence-corrected chi connectivity index (χ0v) is 8.17. The number of ketones is 1. The molecule has 13 heavy (non-hydrogen) atoms. The van der Waals surface area contributed by atoms with Crippen molar-refractivity contribution in [3.63, 3.8) is 0 Å². The van der Waals surface area contributed by atoms with Crippen LogP contribution in [-0.2, 0) is 9.59 Å². The van der Waals surface area contributed by atoms with Crippen LogP contribution in [0.3, 0.4) is 0 Å². The van der Waals surface area contributed by atoms with Gasteiger partial charge in [-0.25, -0.2) is 0 Å². The van der Waals surface area contributed by atoms with E-state index in [1.165, 1.54) is 0 Å². The molecule has 3 heteroatoms. The lowest BCUT2D eigenvalue weighted by molar-refractivity contribution is -0.151. The van der Waals surface area contributed by atoms with E-state index in [1.807, 2.05) is 0 Å². The molecule has 1 fully saturated rings. The minimum atomic E-state index is -0.758. The second-order valence-corrected chi connectivity index (χ2v) is 4.34. The van der Waals surface area contributed by atoms with E-state index in [0.29, 0.717) is 12.8 Å². The molecular weight excluding hydrogens is 168 g/mol. The topological polar surface area (TPSA) is 54.4 Å². The van der Waals surface area contributed by atoms with E-state index in [2.05, 4.69) is 0 Å². The SMILES string of the molecule is CC(C)(C(=O)O)C1CCC(=O)CC1. The van der Waals surface area contributed by atoms with Gasteiger partial charge in [0.25, 0.3) is 0 Å². The molecule has 0 atom stereocenters. The van der Waals surface area contributed by atoms with Crippen LogP contribution in [0.1, 0.15) is 39.5 Å². The first-order chi connectivity index (χ1) is 5.94. The summed E-state index contributed by atoms with van der Waals surface area (Å²) in [6.07, 6.45) is 2.58. The van der Waals surface area contributed by atoms with Crippen LogP contribution < -0.4 is 0 Å². The van der Waals surface area contributed by atoms with E-state index < -0.39 is 11.4 Å². The monoisotopic (exact) mass is 184 g/mol. The molecule has 0 aromatic heterocycles. The number of carbonyl (C=O) groups is 2. The third-order valence-electron chi connectivity index (χ3n) is 3.12. The Labute approximate surface area is 78.1 Å². The van der Waals surface area contributed by atoms with E-state index in [-0.39, 0.29) is 11.7 Å². The van der Waals surface area contributed by atoms with Gasteiger partial charge in [-0.05, 0) is 32.6 Å². The first kappa shape index (κ1) is 10.2. The van der Waals surface area contributed by atoms with Crippen molar-refractivity contribution in [3.8, 4) is 0 Å². The number of hydrogen-bond donors (Lipinski definition) is 1. The fourth-order valence-corrected chi connectivity index (χ4v) is 1.84. The Bertz CT molecular complexity index is 220. The van der Waals surface area contributed by atoms with Gasteiger partial charge in [0.05, 0.1) is 5.41 Å². The van der Waals surface area contributed by atoms with Gasteiger partial charge in [-0.3, -0.25) is 9.59 Å². The van der Waals surface area contributed by atoms with Crippen molar-refractivity contribution in [3.05, 3.63) is 0 Å². The minimum absolute atomic E-state index is 0.155. The molecule has 1 rings (SSSR count). The summed E-state index contributed by atoms with van der Waals surface area (Å²) < 4.78 is 0. The van der Waals surface area contributed by atoms with Crippen molar-refractivity contribution in [2.45, 2.75) is 39.5 Å². The van der Waals surface area contributed by atoms with Crippen LogP contribution in [0.15, 0.2) is 0 Å². The number of carboxylic acids is 1. The third-order valence-corrected chi connectivity index (χ3v) is 3.12. The van der Waals surface area contributed by atoms with Crippen LogP contribution in [-0.4, -0.2) is 16.9 Å². The highest BCUT2D eigenvalue weighted by atomic mass is 16.4. The van der Waals surface area contributed by atoms with Gasteiger partial charge in [0.1, 0.15) is 5.78 Å². The maximum Gasteiger partial charge on any atom is 0.309 e. The van der Waals surface area contributed by atoms with Crippen molar-refractivity contribution in [1.82, 2.24) is 0 Å². The van der Waals surface area contributed by atoms with E-state index in [0.717, 1.165) is 12.8 Å². The Hall–Kier alpha value is -0.860. The summed E-state index contributed by atoms with van der Waals surface area (Å²) in [6.45, 7) is 3.49. The average molecular weight is 184 g/mol. The van der Waals surface area contributed by atoms with E-state index in [4.69, 9.17) is 5.11 Å². The van der Waals surface area contributed by atoms with Crippen molar-refractivity contribution >= 4 is 11.8 Å². The van der Waals surface area contributed by atoms with Gasteiger partial charge in [-0.1, -0.05) is 0 Å². The molecule has 0 unspecified atom stereocenters. The van der Waals surface area contributed by atoms with Gasteiger partial charge in [0.2, 0.25) is 0 Å². The molecule has 0 amide bonds. The smallest absolute Gasteiger partial charge is 0.309 e. The summed E-state index contributed by atoms with van der Waals surface area (Å²) in [5.74, 6) is -0.327. The van der Waals surface area contributed by atoms with E-state index >= 15 is 0 Å². The van der Waals surface area contributed by atoms with Gasteiger partial charge in [-0.15, -0.1) is 0 Å². The fraction of sp³-hybridized carbons (Fsp3) is 0.800. The quantitative estimate of drug-likeness (QED) is 0.712. The van der Waals surface area contributed by atoms with Crippen LogP contribution in [0.2, 0.25) is 0 Å². The molecule has 0 aromatic carbocycles. The molecule has 3 nitrogen and oxygen atoms in total. The highest BCUT2D eigenvalue weighted by molar-refractivity contribution is 5.80. The molecule has 1 aliphatic rings. The summed E-state index contributed by atoms with van der Waals surface area (Å²) in [5, 5.41) is 8.97. The molecule has 0 radical (unpaired) electrons. The Kier molecular flexibility index (Phi) is 2.74. The number of hydrogen-bond acceptors (Lipinski definition) is 2. The molecule has 0 aliphatic heterocycles. The van der Waals surface area contributed by atoms with Gasteiger partial charge in [0, 0.05) is 12.8 Å². The number of Topliss-reactive ketones (excluding diaryl/α,β-unsaturated/α-hetero) is 1. The zero-order chi connectivity index (χ0) is 10.1. The van der Waals surface area contributed by atoms with Gasteiger partial charge < -0.3 is 5.11 Å². The summed E-state index contributed by atoms with van der Waals surface area (Å²) in [7, 11) is 0. The maximum atomic E-state index is 11.0. The molecule has 0 spiro atoms. The second-order valence-electron chi connectivity index (χ2n) is 4.34. The van der Waals surface area contributed by atoms with Crippen LogP contribution in [0, 0.1) is 11.3 Å². The van der Waals surface area contributed by atoms with Crippen molar-refractivity contribution in [2.75, 3.05) is 0 Å². The fourth-order valence-electron chi connectivity index (χ4n) is 1.84. The molecule has 1 aliphatic carbocycles. The number of carbonyl (C=O) groups excluding carboxylic acids is 1. The summed E-state index contributed by atoms with van der Waals surface area (Å²) >= 11 is 0. The molecule has 1 N–H and O–H groups in total. The first-order valence-electron chi connectivity index (χ1n) is 4.69. The molecule has 0 bridgehead atoms. The van der Waals surface area contributed by atoms with E-state index in [1.54, 1.807) is 13.8 Å². The van der Waals surface area contributed by atoms with Crippen molar-refractivity contribution < 1.29 is 14.7 Å². The van der Waals surface area contributed by atoms with E-state index in [9.17, 15) is 9.59 Å². The third kappa shape index (κ3) is 2.08. The van der Waals surface area contributed by atoms with Gasteiger partial charge >= 0.3 is 5.97 Å². The zero-order valence-electron chi connectivity index (χ0n) is 8.17. The highest BCUT2D eigenvalue weighted by Gasteiger charge is 2.38. The lowest BCUT2D eigenvalue weighted by Crippen LogP contribution is -2.35. The first-order valence-corrected chi connectivity index (χ1v) is 4.69. The maximum absolute atomic E-state index is 11.0. The lowest BCUT2D eigenvalue weighted by Gasteiger charge is -2.32. The molecular formula is C10H16O3. The molecule has 1 saturated carbocycles. The molecule has 0 aromatic rings. The summed E-state index contributed by atoms with van der Waals surface area (Å²) in [4.78, 5) is 21.9. The second kappa shape index (κ2) is 3.48.